The molecule has 114 valence electrons. The number of hydrogen-bond donors (Lipinski definition) is 0. The first-order valence-electron chi connectivity index (χ1n) is 7.22. The van der Waals surface area contributed by atoms with Crippen LogP contribution in [0.15, 0.2) is 72.1 Å². The van der Waals surface area contributed by atoms with Crippen molar-refractivity contribution in [2.45, 2.75) is 0 Å². The topological polar surface area (TPSA) is 39.2 Å². The van der Waals surface area contributed by atoms with Gasteiger partial charge in [0.2, 0.25) is 0 Å². The lowest BCUT2D eigenvalue weighted by atomic mass is 10.2. The Kier molecular flexibility index (Phi) is 4.96. The van der Waals surface area contributed by atoms with E-state index < -0.39 is 5.97 Å². The number of esters is 1. The van der Waals surface area contributed by atoms with Crippen molar-refractivity contribution in [1.29, 1.82) is 0 Å². The van der Waals surface area contributed by atoms with Crippen molar-refractivity contribution < 1.29 is 9.53 Å². The minimum absolute atomic E-state index is 0.228. The average Bonchev–Trinajstić information content (AvgIpc) is 3.10. The maximum absolute atomic E-state index is 12.0. The van der Waals surface area contributed by atoms with Gasteiger partial charge < -0.3 is 4.74 Å². The zero-order chi connectivity index (χ0) is 15.9. The monoisotopic (exact) mass is 321 g/mol. The van der Waals surface area contributed by atoms with E-state index in [4.69, 9.17) is 4.74 Å². The number of thiazole rings is 1. The van der Waals surface area contributed by atoms with Crippen molar-refractivity contribution in [2.24, 2.45) is 0 Å². The summed E-state index contributed by atoms with van der Waals surface area (Å²) in [6.07, 6.45) is 3.74. The molecule has 0 bridgehead atoms. The van der Waals surface area contributed by atoms with Gasteiger partial charge in [0, 0.05) is 10.9 Å². The quantitative estimate of drug-likeness (QED) is 0.640. The molecule has 0 saturated heterocycles. The molecule has 0 amide bonds. The minimum Gasteiger partial charge on any atom is -0.457 e. The first-order valence-corrected chi connectivity index (χ1v) is 8.10. The van der Waals surface area contributed by atoms with E-state index in [1.807, 2.05) is 72.8 Å². The lowest BCUT2D eigenvalue weighted by Gasteiger charge is -1.98. The van der Waals surface area contributed by atoms with Gasteiger partial charge in [-0.05, 0) is 11.6 Å². The van der Waals surface area contributed by atoms with Crippen LogP contribution in [0.4, 0.5) is 0 Å². The zero-order valence-corrected chi connectivity index (χ0v) is 13.2. The van der Waals surface area contributed by atoms with Crippen LogP contribution in [0.3, 0.4) is 0 Å². The summed E-state index contributed by atoms with van der Waals surface area (Å²) in [6, 6.07) is 19.7. The molecule has 4 heteroatoms. The molecule has 1 aromatic heterocycles. The number of benzene rings is 2. The predicted molar refractivity (Wildman–Crippen MR) is 93.3 cm³/mol. The van der Waals surface area contributed by atoms with Gasteiger partial charge >= 0.3 is 5.97 Å². The highest BCUT2D eigenvalue weighted by Gasteiger charge is 2.12. The Morgan fingerprint density at radius 1 is 1.04 bits per heavy atom. The molecule has 0 atom stereocenters. The molecule has 0 spiro atoms. The van der Waals surface area contributed by atoms with Crippen LogP contribution in [-0.2, 0) is 4.74 Å². The second kappa shape index (κ2) is 7.51. The lowest BCUT2D eigenvalue weighted by molar-refractivity contribution is 0.0544. The van der Waals surface area contributed by atoms with Crippen molar-refractivity contribution in [3.8, 4) is 10.6 Å². The molecular formula is C19H15NO2S. The highest BCUT2D eigenvalue weighted by Crippen LogP contribution is 2.23. The molecule has 3 aromatic rings. The van der Waals surface area contributed by atoms with Crippen LogP contribution in [0.5, 0.6) is 0 Å². The fraction of sp³-hybridized carbons (Fsp3) is 0.0526. The molecule has 0 aliphatic carbocycles. The Hall–Kier alpha value is -2.72. The van der Waals surface area contributed by atoms with Gasteiger partial charge in [0.15, 0.2) is 5.69 Å². The van der Waals surface area contributed by atoms with Gasteiger partial charge in [-0.15, -0.1) is 11.3 Å². The van der Waals surface area contributed by atoms with Crippen molar-refractivity contribution in [3.05, 3.63) is 83.4 Å². The highest BCUT2D eigenvalue weighted by atomic mass is 32.1. The summed E-state index contributed by atoms with van der Waals surface area (Å²) in [6.45, 7) is 0.228. The van der Waals surface area contributed by atoms with Gasteiger partial charge in [0.1, 0.15) is 11.6 Å². The first kappa shape index (κ1) is 15.2. The molecule has 0 unspecified atom stereocenters. The zero-order valence-electron chi connectivity index (χ0n) is 12.4. The smallest absolute Gasteiger partial charge is 0.358 e. The Bertz CT molecular complexity index is 795. The number of rotatable bonds is 5. The molecule has 0 N–H and O–H groups in total. The third kappa shape index (κ3) is 4.14. The van der Waals surface area contributed by atoms with Crippen LogP contribution in [0, 0.1) is 0 Å². The summed E-state index contributed by atoms with van der Waals surface area (Å²) in [7, 11) is 0. The molecule has 1 heterocycles. The SMILES string of the molecule is O=C(OC/C=C/c1ccccc1)c1csc(-c2ccccc2)n1. The van der Waals surface area contributed by atoms with Crippen LogP contribution >= 0.6 is 11.3 Å². The van der Waals surface area contributed by atoms with E-state index in [-0.39, 0.29) is 6.61 Å². The van der Waals surface area contributed by atoms with Crippen molar-refractivity contribution >= 4 is 23.4 Å². The summed E-state index contributed by atoms with van der Waals surface area (Å²) in [5.41, 5.74) is 2.42. The van der Waals surface area contributed by atoms with Crippen molar-refractivity contribution in [3.63, 3.8) is 0 Å². The third-order valence-electron chi connectivity index (χ3n) is 3.15. The van der Waals surface area contributed by atoms with Gasteiger partial charge in [-0.3, -0.25) is 0 Å². The number of carbonyl (C=O) groups excluding carboxylic acids is 1. The standard InChI is InChI=1S/C19H15NO2S/c21-19(22-13-7-10-15-8-3-1-4-9-15)17-14-23-18(20-17)16-11-5-2-6-12-16/h1-12,14H,13H2/b10-7+. The maximum atomic E-state index is 12.0. The summed E-state index contributed by atoms with van der Waals surface area (Å²) in [5, 5.41) is 2.54. The van der Waals surface area contributed by atoms with E-state index >= 15 is 0 Å². The second-order valence-corrected chi connectivity index (χ2v) is 5.67. The molecular weight excluding hydrogens is 306 g/mol. The van der Waals surface area contributed by atoms with E-state index in [0.717, 1.165) is 16.1 Å². The van der Waals surface area contributed by atoms with Crippen LogP contribution in [0.1, 0.15) is 16.1 Å². The third-order valence-corrected chi connectivity index (χ3v) is 4.05. The van der Waals surface area contributed by atoms with Gasteiger partial charge in [-0.25, -0.2) is 9.78 Å². The molecule has 2 aromatic carbocycles. The van der Waals surface area contributed by atoms with Crippen LogP contribution in [0.2, 0.25) is 0 Å². The number of nitrogens with zero attached hydrogens (tertiary/aromatic N) is 1. The van der Waals surface area contributed by atoms with Gasteiger partial charge in [-0.1, -0.05) is 66.7 Å². The summed E-state index contributed by atoms with van der Waals surface area (Å²) in [4.78, 5) is 16.3. The maximum Gasteiger partial charge on any atom is 0.358 e. The fourth-order valence-electron chi connectivity index (χ4n) is 2.03. The van der Waals surface area contributed by atoms with E-state index in [1.165, 1.54) is 11.3 Å². The number of aromatic nitrogens is 1. The van der Waals surface area contributed by atoms with E-state index in [9.17, 15) is 4.79 Å². The van der Waals surface area contributed by atoms with Crippen molar-refractivity contribution in [2.75, 3.05) is 6.61 Å². The minimum atomic E-state index is -0.402. The Balaban J connectivity index is 1.57. The normalized spacial score (nSPS) is 10.8. The lowest BCUT2D eigenvalue weighted by Crippen LogP contribution is -2.05. The van der Waals surface area contributed by atoms with Gasteiger partial charge in [0.25, 0.3) is 0 Å². The van der Waals surface area contributed by atoms with E-state index in [1.54, 1.807) is 5.38 Å². The van der Waals surface area contributed by atoms with Crippen LogP contribution in [-0.4, -0.2) is 17.6 Å². The first-order chi connectivity index (χ1) is 11.3. The largest absolute Gasteiger partial charge is 0.457 e. The average molecular weight is 321 g/mol. The number of carbonyl (C=O) groups is 1. The summed E-state index contributed by atoms with van der Waals surface area (Å²) in [5.74, 6) is -0.402. The molecule has 0 aliphatic heterocycles. The van der Waals surface area contributed by atoms with Crippen LogP contribution < -0.4 is 0 Å². The molecule has 3 nitrogen and oxygen atoms in total. The summed E-state index contributed by atoms with van der Waals surface area (Å²) >= 11 is 1.44. The van der Waals surface area contributed by atoms with Gasteiger partial charge in [0.05, 0.1) is 0 Å². The summed E-state index contributed by atoms with van der Waals surface area (Å²) < 4.78 is 5.22. The molecule has 0 saturated carbocycles. The fourth-order valence-corrected chi connectivity index (χ4v) is 2.82. The molecule has 0 radical (unpaired) electrons. The van der Waals surface area contributed by atoms with Gasteiger partial charge in [-0.2, -0.15) is 0 Å². The molecule has 0 aliphatic rings. The Labute approximate surface area is 138 Å². The number of ether oxygens (including phenoxy) is 1. The van der Waals surface area contributed by atoms with E-state index in [0.29, 0.717) is 5.69 Å². The number of hydrogen-bond acceptors (Lipinski definition) is 4. The Morgan fingerprint density at radius 3 is 2.48 bits per heavy atom. The molecule has 23 heavy (non-hydrogen) atoms. The molecule has 3 rings (SSSR count). The van der Waals surface area contributed by atoms with E-state index in [2.05, 4.69) is 4.98 Å². The Morgan fingerprint density at radius 2 is 1.74 bits per heavy atom. The second-order valence-electron chi connectivity index (χ2n) is 4.82. The molecule has 0 fully saturated rings. The van der Waals surface area contributed by atoms with Crippen LogP contribution in [0.25, 0.3) is 16.6 Å². The highest BCUT2D eigenvalue weighted by molar-refractivity contribution is 7.13. The van der Waals surface area contributed by atoms with Crippen molar-refractivity contribution in [1.82, 2.24) is 4.98 Å². The predicted octanol–water partition coefficient (Wildman–Crippen LogP) is 4.68.